The minimum absolute atomic E-state index is 0.536. The predicted octanol–water partition coefficient (Wildman–Crippen LogP) is 4.79. The van der Waals surface area contributed by atoms with E-state index < -0.39 is 10.0 Å². The molecule has 132 valence electrons. The van der Waals surface area contributed by atoms with Gasteiger partial charge in [-0.1, -0.05) is 36.4 Å². The van der Waals surface area contributed by atoms with Crippen LogP contribution in [0, 0.1) is 0 Å². The molecule has 26 heavy (non-hydrogen) atoms. The van der Waals surface area contributed by atoms with Gasteiger partial charge in [0.05, 0.1) is 5.41 Å². The van der Waals surface area contributed by atoms with Gasteiger partial charge in [-0.3, -0.25) is 9.71 Å². The Kier molecular flexibility index (Phi) is 6.09. The molecule has 0 fully saturated rings. The van der Waals surface area contributed by atoms with Crippen LogP contribution in [0.2, 0.25) is 0 Å². The number of rotatable bonds is 7. The highest BCUT2D eigenvalue weighted by Gasteiger charge is 2.06. The molecule has 0 amide bonds. The average molecular weight is 383 g/mol. The molecule has 4 nitrogen and oxygen atoms in total. The van der Waals surface area contributed by atoms with Crippen LogP contribution >= 0.6 is 11.8 Å². The van der Waals surface area contributed by atoms with E-state index in [0.29, 0.717) is 5.69 Å². The second kappa shape index (κ2) is 8.69. The van der Waals surface area contributed by atoms with Gasteiger partial charge in [-0.2, -0.15) is 0 Å². The normalized spacial score (nSPS) is 11.5. The first-order valence-electron chi connectivity index (χ1n) is 7.98. The van der Waals surface area contributed by atoms with E-state index in [1.165, 1.54) is 5.41 Å². The molecule has 1 heterocycles. The number of aromatic nitrogens is 1. The van der Waals surface area contributed by atoms with Gasteiger partial charge in [0, 0.05) is 28.7 Å². The van der Waals surface area contributed by atoms with Crippen LogP contribution in [0.3, 0.4) is 0 Å². The summed E-state index contributed by atoms with van der Waals surface area (Å²) in [5.41, 5.74) is 2.52. The summed E-state index contributed by atoms with van der Waals surface area (Å²) in [7, 11) is -3.55. The van der Waals surface area contributed by atoms with Gasteiger partial charge in [0.2, 0.25) is 0 Å². The molecule has 0 radical (unpaired) electrons. The summed E-state index contributed by atoms with van der Waals surface area (Å²) in [6.45, 7) is 0. The van der Waals surface area contributed by atoms with Crippen molar-refractivity contribution in [2.75, 3.05) is 4.72 Å². The summed E-state index contributed by atoms with van der Waals surface area (Å²) >= 11 is 1.68. The largest absolute Gasteiger partial charge is 0.280 e. The quantitative estimate of drug-likeness (QED) is 0.597. The van der Waals surface area contributed by atoms with E-state index >= 15 is 0 Å². The van der Waals surface area contributed by atoms with Gasteiger partial charge in [-0.05, 0) is 47.5 Å². The van der Waals surface area contributed by atoms with Crippen LogP contribution in [0.1, 0.15) is 11.1 Å². The van der Waals surface area contributed by atoms with Crippen molar-refractivity contribution in [1.29, 1.82) is 0 Å². The lowest BCUT2D eigenvalue weighted by Gasteiger charge is -2.06. The molecule has 0 saturated carbocycles. The van der Waals surface area contributed by atoms with Crippen LogP contribution < -0.4 is 4.72 Å². The Balaban J connectivity index is 1.59. The van der Waals surface area contributed by atoms with E-state index in [0.717, 1.165) is 21.8 Å². The lowest BCUT2D eigenvalue weighted by Crippen LogP contribution is -2.08. The summed E-state index contributed by atoms with van der Waals surface area (Å²) in [6.07, 6.45) is 5.16. The van der Waals surface area contributed by atoms with E-state index in [9.17, 15) is 8.42 Å². The molecule has 1 N–H and O–H groups in total. The zero-order valence-electron chi connectivity index (χ0n) is 13.9. The summed E-state index contributed by atoms with van der Waals surface area (Å²) in [6, 6.07) is 20.6. The molecular formula is C20H18N2O2S2. The van der Waals surface area contributed by atoms with Crippen molar-refractivity contribution in [3.8, 4) is 0 Å². The number of hydrogen-bond donors (Lipinski definition) is 1. The maximum absolute atomic E-state index is 12.2. The average Bonchev–Trinajstić information content (AvgIpc) is 2.67. The highest BCUT2D eigenvalue weighted by molar-refractivity contribution is 7.98. The Morgan fingerprint density at radius 2 is 1.73 bits per heavy atom. The van der Waals surface area contributed by atoms with Crippen molar-refractivity contribution < 1.29 is 8.42 Å². The molecule has 3 rings (SSSR count). The number of thioether (sulfide) groups is 1. The first-order valence-corrected chi connectivity index (χ1v) is 10.5. The third-order valence-electron chi connectivity index (χ3n) is 3.48. The monoisotopic (exact) mass is 382 g/mol. The van der Waals surface area contributed by atoms with Gasteiger partial charge in [-0.25, -0.2) is 8.42 Å². The third-order valence-corrected chi connectivity index (χ3v) is 5.58. The number of nitrogens with one attached hydrogen (secondary N) is 1. The van der Waals surface area contributed by atoms with Crippen LogP contribution in [0.4, 0.5) is 5.69 Å². The van der Waals surface area contributed by atoms with E-state index in [1.54, 1.807) is 36.2 Å². The van der Waals surface area contributed by atoms with Crippen molar-refractivity contribution in [3.05, 3.63) is 95.7 Å². The maximum atomic E-state index is 12.2. The molecule has 3 aromatic rings. The molecule has 2 aromatic carbocycles. The molecule has 0 saturated heterocycles. The van der Waals surface area contributed by atoms with Gasteiger partial charge in [0.15, 0.2) is 0 Å². The number of sulfonamides is 1. The second-order valence-corrected chi connectivity index (χ2v) is 8.15. The summed E-state index contributed by atoms with van der Waals surface area (Å²) in [5, 5.41) is 1.17. The Bertz CT molecular complexity index is 956. The van der Waals surface area contributed by atoms with E-state index in [-0.39, 0.29) is 0 Å². The van der Waals surface area contributed by atoms with E-state index in [2.05, 4.69) is 9.71 Å². The van der Waals surface area contributed by atoms with E-state index in [1.807, 2.05) is 60.8 Å². The second-order valence-electron chi connectivity index (χ2n) is 5.53. The van der Waals surface area contributed by atoms with Crippen LogP contribution in [0.25, 0.3) is 6.08 Å². The lowest BCUT2D eigenvalue weighted by atomic mass is 10.2. The van der Waals surface area contributed by atoms with Crippen molar-refractivity contribution in [2.45, 2.75) is 10.6 Å². The minimum Gasteiger partial charge on any atom is -0.280 e. The first-order chi connectivity index (χ1) is 12.6. The fraction of sp³-hybridized carbons (Fsp3) is 0.0500. The lowest BCUT2D eigenvalue weighted by molar-refractivity contribution is 0.609. The molecular weight excluding hydrogens is 364 g/mol. The molecule has 0 aliphatic carbocycles. The van der Waals surface area contributed by atoms with Crippen molar-refractivity contribution >= 4 is 33.5 Å². The Morgan fingerprint density at radius 1 is 0.962 bits per heavy atom. The van der Waals surface area contributed by atoms with Crippen molar-refractivity contribution in [2.24, 2.45) is 0 Å². The van der Waals surface area contributed by atoms with Crippen LogP contribution in [0.15, 0.2) is 89.4 Å². The molecule has 0 spiro atoms. The first kappa shape index (κ1) is 18.2. The van der Waals surface area contributed by atoms with Crippen molar-refractivity contribution in [3.63, 3.8) is 0 Å². The number of benzene rings is 2. The summed E-state index contributed by atoms with van der Waals surface area (Å²) in [4.78, 5) is 5.16. The highest BCUT2D eigenvalue weighted by Crippen LogP contribution is 2.24. The SMILES string of the molecule is O=S(=O)(/C=C/c1ccccc1)Nc1ccc(SCc2cccnc2)cc1. The number of anilines is 1. The third kappa shape index (κ3) is 5.75. The Morgan fingerprint density at radius 3 is 2.42 bits per heavy atom. The zero-order chi connectivity index (χ0) is 18.2. The predicted molar refractivity (Wildman–Crippen MR) is 108 cm³/mol. The highest BCUT2D eigenvalue weighted by atomic mass is 32.2. The molecule has 0 aliphatic rings. The molecule has 6 heteroatoms. The molecule has 0 bridgehead atoms. The van der Waals surface area contributed by atoms with Crippen molar-refractivity contribution in [1.82, 2.24) is 4.98 Å². The fourth-order valence-electron chi connectivity index (χ4n) is 2.20. The molecule has 0 aliphatic heterocycles. The van der Waals surface area contributed by atoms with E-state index in [4.69, 9.17) is 0 Å². The number of hydrogen-bond acceptors (Lipinski definition) is 4. The van der Waals surface area contributed by atoms with Gasteiger partial charge < -0.3 is 0 Å². The number of pyridine rings is 1. The topological polar surface area (TPSA) is 59.1 Å². The Hall–Kier alpha value is -2.57. The summed E-state index contributed by atoms with van der Waals surface area (Å²) in [5.74, 6) is 0.818. The standard InChI is InChI=1S/C20H18N2O2S2/c23-26(24,14-12-17-5-2-1-3-6-17)22-19-8-10-20(11-9-19)25-16-18-7-4-13-21-15-18/h1-15,22H,16H2/b14-12+. The zero-order valence-corrected chi connectivity index (χ0v) is 15.6. The van der Waals surface area contributed by atoms with Gasteiger partial charge >= 0.3 is 0 Å². The smallest absolute Gasteiger partial charge is 0.255 e. The molecule has 0 atom stereocenters. The van der Waals surface area contributed by atoms with Crippen LogP contribution in [0.5, 0.6) is 0 Å². The minimum atomic E-state index is -3.55. The Labute approximate surface area is 158 Å². The summed E-state index contributed by atoms with van der Waals surface area (Å²) < 4.78 is 26.9. The van der Waals surface area contributed by atoms with Gasteiger partial charge in [-0.15, -0.1) is 11.8 Å². The van der Waals surface area contributed by atoms with Gasteiger partial charge in [0.25, 0.3) is 10.0 Å². The van der Waals surface area contributed by atoms with Crippen LogP contribution in [-0.4, -0.2) is 13.4 Å². The fourth-order valence-corrected chi connectivity index (χ4v) is 3.90. The molecule has 0 unspecified atom stereocenters. The molecule has 1 aromatic heterocycles. The maximum Gasteiger partial charge on any atom is 0.255 e. The number of nitrogens with zero attached hydrogens (tertiary/aromatic N) is 1. The van der Waals surface area contributed by atoms with Gasteiger partial charge in [0.1, 0.15) is 0 Å². The van der Waals surface area contributed by atoms with Crippen LogP contribution in [-0.2, 0) is 15.8 Å².